The van der Waals surface area contributed by atoms with Gasteiger partial charge in [-0.15, -0.1) is 0 Å². The van der Waals surface area contributed by atoms with Gasteiger partial charge in [-0.1, -0.05) is 54.2 Å². The van der Waals surface area contributed by atoms with Crippen molar-refractivity contribution in [2.75, 3.05) is 11.4 Å². The lowest BCUT2D eigenvalue weighted by Crippen LogP contribution is -2.24. The van der Waals surface area contributed by atoms with Crippen molar-refractivity contribution < 1.29 is 0 Å². The van der Waals surface area contributed by atoms with Gasteiger partial charge in [-0.25, -0.2) is 5.01 Å². The van der Waals surface area contributed by atoms with Gasteiger partial charge in [0.05, 0.1) is 28.5 Å². The van der Waals surface area contributed by atoms with Crippen LogP contribution in [0.2, 0.25) is 0 Å². The quantitative estimate of drug-likeness (QED) is 0.873. The minimum absolute atomic E-state index is 0.529. The number of benzene rings is 2. The molecule has 0 radical (unpaired) electrons. The van der Waals surface area contributed by atoms with Crippen LogP contribution in [0.15, 0.2) is 75.2 Å². The predicted octanol–water partition coefficient (Wildman–Crippen LogP) is 4.45. The minimum atomic E-state index is 0.529. The number of hydrogen-bond donors (Lipinski definition) is 1. The fourth-order valence-corrected chi connectivity index (χ4v) is 4.88. The monoisotopic (exact) mass is 346 g/mol. The third kappa shape index (κ3) is 2.38. The molecule has 0 fully saturated rings. The van der Waals surface area contributed by atoms with Crippen LogP contribution in [-0.2, 0) is 6.54 Å². The summed E-state index contributed by atoms with van der Waals surface area (Å²) in [6.07, 6.45) is 2.00. The topological polar surface area (TPSA) is 42.7 Å². The third-order valence-electron chi connectivity index (χ3n) is 4.82. The average Bonchev–Trinajstić information content (AvgIpc) is 3.08. The molecule has 2 aromatic rings. The summed E-state index contributed by atoms with van der Waals surface area (Å²) in [6.45, 7) is 1.64. The Kier molecular flexibility index (Phi) is 3.41. The molecule has 3 heterocycles. The fraction of sp³-hybridized carbons (Fsp3) is 0.200. The lowest BCUT2D eigenvalue weighted by molar-refractivity contribution is 0.446. The first-order valence-corrected chi connectivity index (χ1v) is 9.40. The van der Waals surface area contributed by atoms with Gasteiger partial charge in [0.25, 0.3) is 0 Å². The standard InChI is InChI=1S/C20H18N4S/c21-19-18-15(22-24(19)13-14-7-2-1-3-8-14)9-6-12-23-16-10-4-5-11-17(16)25-20(18)23/h1-5,7-8,10-11,21H,6,9,12-13H2. The third-order valence-corrected chi connectivity index (χ3v) is 6.00. The largest absolute Gasteiger partial charge is 0.334 e. The van der Waals surface area contributed by atoms with E-state index >= 15 is 0 Å². The average molecular weight is 346 g/mol. The molecule has 3 aliphatic rings. The number of amidine groups is 1. The second-order valence-electron chi connectivity index (χ2n) is 6.44. The molecule has 124 valence electrons. The van der Waals surface area contributed by atoms with Gasteiger partial charge in [-0.2, -0.15) is 5.10 Å². The number of fused-ring (bicyclic) bond motifs is 4. The Morgan fingerprint density at radius 1 is 1.04 bits per heavy atom. The number of para-hydroxylation sites is 1. The van der Waals surface area contributed by atoms with E-state index in [1.54, 1.807) is 11.8 Å². The van der Waals surface area contributed by atoms with Crippen molar-refractivity contribution in [1.82, 2.24) is 5.01 Å². The smallest absolute Gasteiger partial charge is 0.153 e. The maximum atomic E-state index is 8.75. The lowest BCUT2D eigenvalue weighted by atomic mass is 10.1. The Morgan fingerprint density at radius 2 is 1.84 bits per heavy atom. The Hall–Kier alpha value is -2.53. The molecule has 2 aromatic carbocycles. The molecule has 0 amide bonds. The van der Waals surface area contributed by atoms with E-state index in [4.69, 9.17) is 10.5 Å². The molecule has 5 rings (SSSR count). The summed E-state index contributed by atoms with van der Waals surface area (Å²) in [7, 11) is 0. The zero-order chi connectivity index (χ0) is 16.8. The molecule has 3 aliphatic heterocycles. The normalized spacial score (nSPS) is 18.7. The molecule has 25 heavy (non-hydrogen) atoms. The van der Waals surface area contributed by atoms with Crippen LogP contribution < -0.4 is 4.90 Å². The highest BCUT2D eigenvalue weighted by Gasteiger charge is 2.37. The van der Waals surface area contributed by atoms with E-state index in [-0.39, 0.29) is 0 Å². The molecule has 0 aromatic heterocycles. The number of hydrazone groups is 1. The number of thioether (sulfide) groups is 1. The van der Waals surface area contributed by atoms with Crippen LogP contribution in [0.1, 0.15) is 18.4 Å². The van der Waals surface area contributed by atoms with Gasteiger partial charge >= 0.3 is 0 Å². The lowest BCUT2D eigenvalue weighted by Gasteiger charge is -2.20. The van der Waals surface area contributed by atoms with E-state index in [2.05, 4.69) is 41.3 Å². The molecule has 0 unspecified atom stereocenters. The van der Waals surface area contributed by atoms with E-state index in [9.17, 15) is 0 Å². The van der Waals surface area contributed by atoms with Crippen molar-refractivity contribution in [3.63, 3.8) is 0 Å². The summed E-state index contributed by atoms with van der Waals surface area (Å²) < 4.78 is 0. The van der Waals surface area contributed by atoms with Crippen LogP contribution in [0.4, 0.5) is 5.69 Å². The molecule has 0 saturated heterocycles. The molecule has 4 nitrogen and oxygen atoms in total. The van der Waals surface area contributed by atoms with E-state index in [1.165, 1.54) is 21.2 Å². The van der Waals surface area contributed by atoms with Gasteiger partial charge in [0.1, 0.15) is 0 Å². The molecule has 5 heteroatoms. The Labute approximate surface area is 151 Å². The van der Waals surface area contributed by atoms with Crippen molar-refractivity contribution in [3.8, 4) is 0 Å². The van der Waals surface area contributed by atoms with Crippen LogP contribution in [0, 0.1) is 5.41 Å². The van der Waals surface area contributed by atoms with Gasteiger partial charge in [-0.3, -0.25) is 5.41 Å². The van der Waals surface area contributed by atoms with Gasteiger partial charge in [0, 0.05) is 11.4 Å². The molecular weight excluding hydrogens is 328 g/mol. The van der Waals surface area contributed by atoms with Crippen LogP contribution in [0.3, 0.4) is 0 Å². The first-order chi connectivity index (χ1) is 12.3. The van der Waals surface area contributed by atoms with Crippen LogP contribution in [0.25, 0.3) is 0 Å². The van der Waals surface area contributed by atoms with Gasteiger partial charge in [-0.05, 0) is 30.5 Å². The molecule has 0 spiro atoms. The Morgan fingerprint density at radius 3 is 2.72 bits per heavy atom. The first-order valence-electron chi connectivity index (χ1n) is 8.58. The van der Waals surface area contributed by atoms with E-state index in [0.29, 0.717) is 12.4 Å². The first kappa shape index (κ1) is 14.8. The predicted molar refractivity (Wildman–Crippen MR) is 103 cm³/mol. The van der Waals surface area contributed by atoms with Crippen LogP contribution in [-0.4, -0.2) is 23.1 Å². The molecule has 1 N–H and O–H groups in total. The summed E-state index contributed by atoms with van der Waals surface area (Å²) in [5.41, 5.74) is 4.54. The molecule has 0 aliphatic carbocycles. The highest BCUT2D eigenvalue weighted by atomic mass is 32.2. The number of nitrogens with zero attached hydrogens (tertiary/aromatic N) is 3. The second-order valence-corrected chi connectivity index (χ2v) is 7.47. The highest BCUT2D eigenvalue weighted by molar-refractivity contribution is 8.03. The Balaban J connectivity index is 1.53. The highest BCUT2D eigenvalue weighted by Crippen LogP contribution is 2.49. The molecule has 0 saturated carbocycles. The molecule has 0 atom stereocenters. The summed E-state index contributed by atoms with van der Waals surface area (Å²) in [6, 6.07) is 18.8. The zero-order valence-corrected chi connectivity index (χ0v) is 14.6. The van der Waals surface area contributed by atoms with Crippen molar-refractivity contribution in [3.05, 3.63) is 70.8 Å². The van der Waals surface area contributed by atoms with E-state index < -0.39 is 0 Å². The minimum Gasteiger partial charge on any atom is -0.334 e. The SMILES string of the molecule is N=C1C2=C3Sc4ccccc4N3CCCC2=NN1Cc1ccccc1. The summed E-state index contributed by atoms with van der Waals surface area (Å²) in [4.78, 5) is 3.65. The van der Waals surface area contributed by atoms with Crippen LogP contribution >= 0.6 is 11.8 Å². The molecular formula is C20H18N4S. The number of rotatable bonds is 2. The van der Waals surface area contributed by atoms with E-state index in [1.807, 2.05) is 23.2 Å². The zero-order valence-electron chi connectivity index (χ0n) is 13.8. The summed E-state index contributed by atoms with van der Waals surface area (Å²) in [5, 5.41) is 16.6. The summed E-state index contributed by atoms with van der Waals surface area (Å²) in [5.74, 6) is 0.529. The van der Waals surface area contributed by atoms with E-state index in [0.717, 1.165) is 30.7 Å². The van der Waals surface area contributed by atoms with Gasteiger partial charge < -0.3 is 4.90 Å². The maximum Gasteiger partial charge on any atom is 0.153 e. The number of nitrogens with one attached hydrogen (secondary N) is 1. The van der Waals surface area contributed by atoms with Crippen molar-refractivity contribution >= 4 is 29.0 Å². The Bertz CT molecular complexity index is 916. The van der Waals surface area contributed by atoms with Gasteiger partial charge in [0.15, 0.2) is 5.84 Å². The number of anilines is 1. The molecule has 0 bridgehead atoms. The van der Waals surface area contributed by atoms with Crippen molar-refractivity contribution in [2.45, 2.75) is 24.3 Å². The van der Waals surface area contributed by atoms with Crippen molar-refractivity contribution in [1.29, 1.82) is 5.41 Å². The van der Waals surface area contributed by atoms with Gasteiger partial charge in [0.2, 0.25) is 0 Å². The summed E-state index contributed by atoms with van der Waals surface area (Å²) >= 11 is 1.78. The second kappa shape index (κ2) is 5.77. The van der Waals surface area contributed by atoms with Crippen LogP contribution in [0.5, 0.6) is 0 Å². The fourth-order valence-electron chi connectivity index (χ4n) is 3.63. The maximum absolute atomic E-state index is 8.75. The van der Waals surface area contributed by atoms with Crippen molar-refractivity contribution in [2.24, 2.45) is 5.10 Å². The number of hydrogen-bond acceptors (Lipinski definition) is 4.